The zero-order chi connectivity index (χ0) is 37.0. The molecule has 0 unspecified atom stereocenters. The second kappa shape index (κ2) is 11.4. The van der Waals surface area contributed by atoms with E-state index < -0.39 is 0 Å². The predicted molar refractivity (Wildman–Crippen MR) is 246 cm³/mol. The summed E-state index contributed by atoms with van der Waals surface area (Å²) in [6, 6.07) is 60.0. The van der Waals surface area contributed by atoms with Crippen molar-refractivity contribution < 1.29 is 0 Å². The Morgan fingerprint density at radius 1 is 0.421 bits per heavy atom. The number of aromatic nitrogens is 1. The number of thiophene rings is 2. The molecule has 0 atom stereocenters. The Morgan fingerprint density at radius 3 is 1.75 bits per heavy atom. The Kier molecular flexibility index (Phi) is 6.31. The minimum absolute atomic E-state index is 0.340. The molecule has 5 aromatic heterocycles. The second-order valence-electron chi connectivity index (χ2n) is 15.2. The Hall–Kier alpha value is -5.42. The molecule has 0 radical (unpaired) electrons. The zero-order valence-corrected chi connectivity index (χ0v) is 35.3. The van der Waals surface area contributed by atoms with Crippen LogP contribution in [-0.4, -0.2) is 33.6 Å². The molecule has 2 nitrogen and oxygen atoms in total. The van der Waals surface area contributed by atoms with Crippen LogP contribution in [-0.2, 0) is 5.41 Å². The first-order valence-corrected chi connectivity index (χ1v) is 24.6. The van der Waals surface area contributed by atoms with Gasteiger partial charge < -0.3 is 4.57 Å². The molecule has 0 amide bonds. The van der Waals surface area contributed by atoms with Gasteiger partial charge in [0.25, 0.3) is 0 Å². The average molecular weight is 891 g/mol. The third kappa shape index (κ3) is 3.96. The van der Waals surface area contributed by atoms with Crippen LogP contribution < -0.4 is 4.90 Å². The van der Waals surface area contributed by atoms with E-state index in [2.05, 4.69) is 177 Å². The van der Waals surface area contributed by atoms with Gasteiger partial charge in [0.05, 0.1) is 11.0 Å². The van der Waals surface area contributed by atoms with E-state index in [1.54, 1.807) is 8.87 Å². The van der Waals surface area contributed by atoms with Crippen LogP contribution in [0.3, 0.4) is 0 Å². The SMILES string of the molecule is c1ccc2c(c1)N(c1ccc3sc4ccc(-n5c6ccccc6c6ccccc65)cc4c3c1)c1ccc3c(sc4ccccc43)c1C21c2cc[se]c2-c2[se]ccc21. The number of fused-ring (bicyclic) bond motifs is 19. The topological polar surface area (TPSA) is 8.17 Å². The molecule has 0 saturated carbocycles. The van der Waals surface area contributed by atoms with Crippen LogP contribution in [0.2, 0.25) is 0 Å². The maximum atomic E-state index is 2.59. The number of para-hydroxylation sites is 3. The molecule has 0 fully saturated rings. The fourth-order valence-corrected chi connectivity index (χ4v) is 17.6. The van der Waals surface area contributed by atoms with Gasteiger partial charge in [-0.1, -0.05) is 36.4 Å². The van der Waals surface area contributed by atoms with E-state index in [1.807, 2.05) is 22.7 Å². The predicted octanol–water partition coefficient (Wildman–Crippen LogP) is 13.8. The first-order chi connectivity index (χ1) is 28.3. The Balaban J connectivity index is 1.05. The van der Waals surface area contributed by atoms with Gasteiger partial charge in [-0.15, -0.1) is 0 Å². The van der Waals surface area contributed by atoms with Crippen molar-refractivity contribution in [1.29, 1.82) is 0 Å². The van der Waals surface area contributed by atoms with Crippen molar-refractivity contribution in [3.8, 4) is 14.6 Å². The van der Waals surface area contributed by atoms with Gasteiger partial charge in [0.1, 0.15) is 0 Å². The van der Waals surface area contributed by atoms with Crippen molar-refractivity contribution in [2.24, 2.45) is 0 Å². The van der Waals surface area contributed by atoms with Gasteiger partial charge in [0.2, 0.25) is 0 Å². The van der Waals surface area contributed by atoms with Gasteiger partial charge in [0.15, 0.2) is 0 Å². The molecule has 1 aliphatic heterocycles. The molecule has 2 aliphatic rings. The van der Waals surface area contributed by atoms with Gasteiger partial charge in [0, 0.05) is 10.8 Å². The molecule has 7 aromatic carbocycles. The van der Waals surface area contributed by atoms with E-state index in [9.17, 15) is 0 Å². The Labute approximate surface area is 347 Å². The average Bonchev–Trinajstić information content (AvgIpc) is 4.12. The third-order valence-electron chi connectivity index (χ3n) is 12.6. The summed E-state index contributed by atoms with van der Waals surface area (Å²) in [5, 5.41) is 7.89. The second-order valence-corrected chi connectivity index (χ2v) is 21.2. The normalized spacial score (nSPS) is 14.1. The molecule has 1 aliphatic carbocycles. The molecule has 0 bridgehead atoms. The van der Waals surface area contributed by atoms with Gasteiger partial charge in [-0.3, -0.25) is 0 Å². The molecule has 57 heavy (non-hydrogen) atoms. The van der Waals surface area contributed by atoms with Gasteiger partial charge in [-0.2, -0.15) is 0 Å². The van der Waals surface area contributed by atoms with Crippen molar-refractivity contribution in [2.45, 2.75) is 5.41 Å². The van der Waals surface area contributed by atoms with Crippen LogP contribution in [0.25, 0.3) is 76.7 Å². The summed E-state index contributed by atoms with van der Waals surface area (Å²) in [7, 11) is 0. The molecule has 14 rings (SSSR count). The van der Waals surface area contributed by atoms with Gasteiger partial charge in [-0.25, -0.2) is 0 Å². The van der Waals surface area contributed by atoms with Crippen molar-refractivity contribution in [2.75, 3.05) is 4.90 Å². The summed E-state index contributed by atoms with van der Waals surface area (Å²) in [4.78, 5) is 7.53. The number of rotatable bonds is 2. The third-order valence-corrected chi connectivity index (χ3v) is 19.5. The van der Waals surface area contributed by atoms with Gasteiger partial charge >= 0.3 is 269 Å². The molecule has 0 saturated heterocycles. The maximum absolute atomic E-state index is 2.59. The van der Waals surface area contributed by atoms with E-state index in [1.165, 1.54) is 107 Å². The molecule has 0 N–H and O–H groups in total. The van der Waals surface area contributed by atoms with Crippen LogP contribution >= 0.6 is 22.7 Å². The van der Waals surface area contributed by atoms with Crippen LogP contribution in [0.15, 0.2) is 168 Å². The molecule has 1 spiro atoms. The van der Waals surface area contributed by atoms with E-state index in [-0.39, 0.29) is 5.41 Å². The summed E-state index contributed by atoms with van der Waals surface area (Å²) in [5.74, 6) is 0. The first kappa shape index (κ1) is 31.6. The quantitative estimate of drug-likeness (QED) is 0.157. The standard InChI is InChI=1S/C51H28N2S2Se2/c1-5-13-40-31(9-1)32-10-2-6-14-41(32)52(40)29-17-21-45-35(27-29)36-28-30(18-22-46(36)54-45)53-42-15-7-4-12-37(42)51(38-23-25-56-49(38)50-39(51)24-26-57-50)47-43(53)20-19-34-33-11-3-8-16-44(33)55-48(34)47/h1-28H. The summed E-state index contributed by atoms with van der Waals surface area (Å²) in [6.07, 6.45) is 0. The first-order valence-electron chi connectivity index (χ1n) is 19.2. The van der Waals surface area contributed by atoms with Crippen molar-refractivity contribution >= 4 is 131 Å². The number of hydrogen-bond donors (Lipinski definition) is 0. The number of hydrogen-bond acceptors (Lipinski definition) is 3. The van der Waals surface area contributed by atoms with E-state index >= 15 is 0 Å². The monoisotopic (exact) mass is 892 g/mol. The van der Waals surface area contributed by atoms with E-state index in [0.717, 1.165) is 0 Å². The number of benzene rings is 7. The summed E-state index contributed by atoms with van der Waals surface area (Å²) >= 11 is 4.58. The van der Waals surface area contributed by atoms with Crippen molar-refractivity contribution in [1.82, 2.24) is 4.57 Å². The zero-order valence-electron chi connectivity index (χ0n) is 30.2. The summed E-state index contributed by atoms with van der Waals surface area (Å²) < 4.78 is 11.1. The fourth-order valence-electron chi connectivity index (χ4n) is 10.4. The molecule has 6 heteroatoms. The molecular formula is C51H28N2S2Se2. The van der Waals surface area contributed by atoms with Gasteiger partial charge in [-0.05, 0) is 18.2 Å². The molecule has 266 valence electrons. The molecule has 6 heterocycles. The van der Waals surface area contributed by atoms with Crippen molar-refractivity contribution in [3.05, 3.63) is 190 Å². The summed E-state index contributed by atoms with van der Waals surface area (Å²) in [6.45, 7) is 0. The van der Waals surface area contributed by atoms with E-state index in [4.69, 9.17) is 0 Å². The number of anilines is 3. The van der Waals surface area contributed by atoms with Crippen molar-refractivity contribution in [3.63, 3.8) is 0 Å². The Morgan fingerprint density at radius 2 is 1.02 bits per heavy atom. The summed E-state index contributed by atoms with van der Waals surface area (Å²) in [5.41, 5.74) is 13.0. The number of nitrogens with zero attached hydrogens (tertiary/aromatic N) is 2. The van der Waals surface area contributed by atoms with Crippen LogP contribution in [0.5, 0.6) is 0 Å². The van der Waals surface area contributed by atoms with Crippen LogP contribution in [0, 0.1) is 0 Å². The van der Waals surface area contributed by atoms with Crippen LogP contribution in [0.1, 0.15) is 22.3 Å². The minimum atomic E-state index is -0.340. The molecule has 12 aromatic rings. The Bertz CT molecular complexity index is 3590. The van der Waals surface area contributed by atoms with E-state index in [0.29, 0.717) is 29.0 Å². The fraction of sp³-hybridized carbons (Fsp3) is 0.0196. The van der Waals surface area contributed by atoms with Crippen LogP contribution in [0.4, 0.5) is 17.1 Å². The molecular weight excluding hydrogens is 863 g/mol.